The van der Waals surface area contributed by atoms with Gasteiger partial charge in [0.2, 0.25) is 0 Å². The molecule has 0 saturated heterocycles. The van der Waals surface area contributed by atoms with Crippen LogP contribution in [0.4, 0.5) is 0 Å². The predicted octanol–water partition coefficient (Wildman–Crippen LogP) is 6.10. The molecule has 3 aliphatic carbocycles. The normalized spacial score (nSPS) is 36.9. The summed E-state index contributed by atoms with van der Waals surface area (Å²) in [5, 5.41) is 29.5. The molecule has 0 radical (unpaired) electrons. The van der Waals surface area contributed by atoms with Crippen LogP contribution in [0, 0.1) is 23.2 Å². The predicted molar refractivity (Wildman–Crippen MR) is 129 cm³/mol. The molecule has 3 N–H and O–H groups in total. The van der Waals surface area contributed by atoms with Crippen molar-refractivity contribution in [2.24, 2.45) is 23.2 Å². The summed E-state index contributed by atoms with van der Waals surface area (Å²) in [5.74, 6) is 2.22. The summed E-state index contributed by atoms with van der Waals surface area (Å²) in [4.78, 5) is 0. The second-order valence-corrected chi connectivity index (χ2v) is 11.5. The summed E-state index contributed by atoms with van der Waals surface area (Å²) in [5.41, 5.74) is 3.85. The molecule has 5 atom stereocenters. The summed E-state index contributed by atoms with van der Waals surface area (Å²) >= 11 is 0. The summed E-state index contributed by atoms with van der Waals surface area (Å²) in [6, 6.07) is 0. The van der Waals surface area contributed by atoms with Crippen LogP contribution in [0.5, 0.6) is 0 Å². The molecule has 0 spiro atoms. The van der Waals surface area contributed by atoms with Crippen LogP contribution in [0.1, 0.15) is 98.3 Å². The highest BCUT2D eigenvalue weighted by atomic mass is 16.3. The van der Waals surface area contributed by atoms with Gasteiger partial charge in [0.15, 0.2) is 0 Å². The smallest absolute Gasteiger partial charge is 0.0788 e. The van der Waals surface area contributed by atoms with E-state index >= 15 is 0 Å². The molecule has 0 aromatic rings. The van der Waals surface area contributed by atoms with Crippen molar-refractivity contribution in [1.29, 1.82) is 0 Å². The average Bonchev–Trinajstić information content (AvgIpc) is 3.05. The van der Waals surface area contributed by atoms with Crippen molar-refractivity contribution in [3.8, 4) is 0 Å². The van der Waals surface area contributed by atoms with Gasteiger partial charge >= 0.3 is 0 Å². The van der Waals surface area contributed by atoms with Crippen molar-refractivity contribution < 1.29 is 15.3 Å². The van der Waals surface area contributed by atoms with E-state index in [0.717, 1.165) is 43.1 Å². The van der Waals surface area contributed by atoms with Gasteiger partial charge in [-0.2, -0.15) is 0 Å². The molecular weight excluding hydrogens is 384 g/mol. The Bertz CT molecular complexity index is 696. The Morgan fingerprint density at radius 3 is 2.58 bits per heavy atom. The molecule has 0 aliphatic heterocycles. The second-order valence-electron chi connectivity index (χ2n) is 11.5. The summed E-state index contributed by atoms with van der Waals surface area (Å²) in [7, 11) is 0. The van der Waals surface area contributed by atoms with Crippen LogP contribution in [0.2, 0.25) is 0 Å². The third kappa shape index (κ3) is 6.12. The lowest BCUT2D eigenvalue weighted by Gasteiger charge is -2.44. The van der Waals surface area contributed by atoms with Crippen LogP contribution in [0.25, 0.3) is 0 Å². The van der Waals surface area contributed by atoms with E-state index in [1.807, 2.05) is 13.8 Å². The zero-order valence-electron chi connectivity index (χ0n) is 20.4. The maximum Gasteiger partial charge on any atom is 0.0788 e. The Kier molecular flexibility index (Phi) is 8.27. The number of aliphatic hydroxyl groups is 3. The van der Waals surface area contributed by atoms with Crippen molar-refractivity contribution in [1.82, 2.24) is 0 Å². The number of hydrogen-bond acceptors (Lipinski definition) is 3. The van der Waals surface area contributed by atoms with E-state index in [-0.39, 0.29) is 6.61 Å². The largest absolute Gasteiger partial charge is 0.392 e. The lowest BCUT2D eigenvalue weighted by molar-refractivity contribution is 0.0596. The molecule has 176 valence electrons. The highest BCUT2D eigenvalue weighted by Crippen LogP contribution is 2.60. The molecule has 3 nitrogen and oxygen atoms in total. The lowest BCUT2D eigenvalue weighted by Crippen LogP contribution is -2.36. The Hall–Kier alpha value is -0.900. The monoisotopic (exact) mass is 430 g/mol. The minimum Gasteiger partial charge on any atom is -0.392 e. The van der Waals surface area contributed by atoms with Crippen LogP contribution >= 0.6 is 0 Å². The van der Waals surface area contributed by atoms with Crippen molar-refractivity contribution >= 4 is 0 Å². The van der Waals surface area contributed by atoms with Crippen LogP contribution < -0.4 is 0 Å². The lowest BCUT2D eigenvalue weighted by atomic mass is 9.60. The minimum absolute atomic E-state index is 0.0209. The number of allylic oxidation sites excluding steroid dienone is 3. The average molecular weight is 431 g/mol. The molecule has 0 aromatic carbocycles. The van der Waals surface area contributed by atoms with Gasteiger partial charge in [0.25, 0.3) is 0 Å². The van der Waals surface area contributed by atoms with Gasteiger partial charge in [0.05, 0.1) is 18.3 Å². The number of rotatable bonds is 7. The van der Waals surface area contributed by atoms with E-state index in [0.29, 0.717) is 17.8 Å². The molecule has 3 aliphatic rings. The Balaban J connectivity index is 1.64. The fourth-order valence-electron chi connectivity index (χ4n) is 6.96. The van der Waals surface area contributed by atoms with Gasteiger partial charge in [0, 0.05) is 0 Å². The molecule has 3 heteroatoms. The summed E-state index contributed by atoms with van der Waals surface area (Å²) < 4.78 is 0. The first kappa shape index (κ1) is 24.7. The van der Waals surface area contributed by atoms with Crippen LogP contribution in [-0.4, -0.2) is 33.6 Å². The first-order valence-corrected chi connectivity index (χ1v) is 12.7. The Morgan fingerprint density at radius 1 is 1.13 bits per heavy atom. The maximum absolute atomic E-state index is 10.4. The number of fused-ring (bicyclic) bond motifs is 1. The SMILES string of the molecule is CC(CCCC(C)(C)O)C1CCC2/C(=C/C=C3/CC/C(=C/CO)C(O)C3)CCCC21C. The highest BCUT2D eigenvalue weighted by Gasteiger charge is 2.50. The molecule has 31 heavy (non-hydrogen) atoms. The Labute approximate surface area is 190 Å². The van der Waals surface area contributed by atoms with E-state index in [4.69, 9.17) is 5.11 Å². The molecule has 3 fully saturated rings. The van der Waals surface area contributed by atoms with E-state index < -0.39 is 11.7 Å². The maximum atomic E-state index is 10.4. The molecule has 0 aromatic heterocycles. The van der Waals surface area contributed by atoms with Crippen molar-refractivity contribution in [2.45, 2.75) is 110 Å². The minimum atomic E-state index is -0.544. The van der Waals surface area contributed by atoms with Gasteiger partial charge in [0.1, 0.15) is 0 Å². The van der Waals surface area contributed by atoms with Gasteiger partial charge in [-0.3, -0.25) is 0 Å². The standard InChI is InChI=1S/C28H46O3/c1-20(7-5-16-27(2,3)31)24-13-14-25-22(8-6-17-28(24,25)4)11-9-21-10-12-23(15-18-29)26(30)19-21/h9,11,15,20,24-26,29-31H,5-8,10,12-14,16-19H2,1-4H3/b21-9-,22-11+,23-15-. The first-order valence-electron chi connectivity index (χ1n) is 12.7. The molecule has 3 rings (SSSR count). The molecule has 3 saturated carbocycles. The highest BCUT2D eigenvalue weighted by molar-refractivity contribution is 5.28. The third-order valence-electron chi connectivity index (χ3n) is 8.68. The summed E-state index contributed by atoms with van der Waals surface area (Å²) in [6.07, 6.45) is 18.4. The van der Waals surface area contributed by atoms with Crippen LogP contribution in [-0.2, 0) is 0 Å². The zero-order valence-corrected chi connectivity index (χ0v) is 20.4. The fourth-order valence-corrected chi connectivity index (χ4v) is 6.96. The fraction of sp³-hybridized carbons (Fsp3) is 0.786. The number of hydrogen-bond donors (Lipinski definition) is 3. The van der Waals surface area contributed by atoms with Gasteiger partial charge in [-0.15, -0.1) is 0 Å². The van der Waals surface area contributed by atoms with Gasteiger partial charge in [-0.25, -0.2) is 0 Å². The van der Waals surface area contributed by atoms with E-state index in [1.54, 1.807) is 11.6 Å². The third-order valence-corrected chi connectivity index (χ3v) is 8.68. The second kappa shape index (κ2) is 10.4. The van der Waals surface area contributed by atoms with Gasteiger partial charge < -0.3 is 15.3 Å². The van der Waals surface area contributed by atoms with Gasteiger partial charge in [-0.1, -0.05) is 56.1 Å². The van der Waals surface area contributed by atoms with Crippen LogP contribution in [0.15, 0.2) is 34.9 Å². The first-order chi connectivity index (χ1) is 14.6. The topological polar surface area (TPSA) is 60.7 Å². The molecule has 0 amide bonds. The van der Waals surface area contributed by atoms with Crippen LogP contribution in [0.3, 0.4) is 0 Å². The molecule has 0 bridgehead atoms. The molecule has 0 heterocycles. The zero-order chi connectivity index (χ0) is 22.6. The molecule has 5 unspecified atom stereocenters. The van der Waals surface area contributed by atoms with E-state index in [1.165, 1.54) is 44.1 Å². The van der Waals surface area contributed by atoms with Crippen molar-refractivity contribution in [2.75, 3.05) is 6.61 Å². The van der Waals surface area contributed by atoms with E-state index in [9.17, 15) is 10.2 Å². The summed E-state index contributed by atoms with van der Waals surface area (Å²) in [6.45, 7) is 8.87. The molecular formula is C28H46O3. The number of aliphatic hydroxyl groups excluding tert-OH is 2. The quantitative estimate of drug-likeness (QED) is 0.428. The van der Waals surface area contributed by atoms with Crippen molar-refractivity contribution in [3.63, 3.8) is 0 Å². The van der Waals surface area contributed by atoms with Gasteiger partial charge in [-0.05, 0) is 100 Å². The Morgan fingerprint density at radius 2 is 1.90 bits per heavy atom. The van der Waals surface area contributed by atoms with Crippen molar-refractivity contribution in [3.05, 3.63) is 34.9 Å². The van der Waals surface area contributed by atoms with E-state index in [2.05, 4.69) is 26.0 Å².